The summed E-state index contributed by atoms with van der Waals surface area (Å²) in [6.45, 7) is 1.98. The smallest absolute Gasteiger partial charge is 0.117 e. The zero-order valence-corrected chi connectivity index (χ0v) is 13.9. The molecule has 3 rings (SSSR count). The molecule has 0 spiro atoms. The molecule has 0 radical (unpaired) electrons. The second-order valence-corrected chi connectivity index (χ2v) is 6.69. The van der Waals surface area contributed by atoms with Crippen molar-refractivity contribution < 1.29 is 0 Å². The monoisotopic (exact) mass is 359 g/mol. The van der Waals surface area contributed by atoms with Crippen LogP contribution in [0.1, 0.15) is 18.5 Å². The number of para-hydroxylation sites is 1. The number of benzene rings is 2. The van der Waals surface area contributed by atoms with E-state index in [-0.39, 0.29) is 6.04 Å². The van der Waals surface area contributed by atoms with E-state index in [1.165, 1.54) is 0 Å². The number of hydrogen-bond acceptors (Lipinski definition) is 4. The van der Waals surface area contributed by atoms with Crippen LogP contribution in [0, 0.1) is 0 Å². The molecular formula is C16H14BrN3S. The molecule has 3 aromatic rings. The zero-order chi connectivity index (χ0) is 14.8. The van der Waals surface area contributed by atoms with Gasteiger partial charge in [0.1, 0.15) is 11.4 Å². The number of rotatable bonds is 3. The maximum absolute atomic E-state index is 5.93. The fourth-order valence-electron chi connectivity index (χ4n) is 2.11. The van der Waals surface area contributed by atoms with Crippen molar-refractivity contribution in [3.8, 4) is 0 Å². The van der Waals surface area contributed by atoms with Crippen molar-refractivity contribution in [1.82, 2.24) is 9.97 Å². The van der Waals surface area contributed by atoms with Crippen LogP contribution in [0.15, 0.2) is 63.2 Å². The van der Waals surface area contributed by atoms with Gasteiger partial charge in [0.15, 0.2) is 0 Å². The van der Waals surface area contributed by atoms with Crippen molar-refractivity contribution in [2.75, 3.05) is 0 Å². The Morgan fingerprint density at radius 1 is 1.14 bits per heavy atom. The Balaban J connectivity index is 1.97. The summed E-state index contributed by atoms with van der Waals surface area (Å²) in [5.74, 6) is 0. The fourth-order valence-corrected chi connectivity index (χ4v) is 3.92. The van der Waals surface area contributed by atoms with Gasteiger partial charge in [0.2, 0.25) is 0 Å². The summed E-state index contributed by atoms with van der Waals surface area (Å²) in [6, 6.07) is 14.3. The molecule has 0 saturated carbocycles. The van der Waals surface area contributed by atoms with Crippen molar-refractivity contribution >= 4 is 38.6 Å². The van der Waals surface area contributed by atoms with Gasteiger partial charge in [-0.15, -0.1) is 0 Å². The highest BCUT2D eigenvalue weighted by atomic mass is 79.9. The van der Waals surface area contributed by atoms with E-state index in [4.69, 9.17) is 5.73 Å². The van der Waals surface area contributed by atoms with Gasteiger partial charge < -0.3 is 5.73 Å². The second kappa shape index (κ2) is 6.13. The van der Waals surface area contributed by atoms with Crippen LogP contribution >= 0.6 is 27.7 Å². The summed E-state index contributed by atoms with van der Waals surface area (Å²) in [5, 5.41) is 2.03. The summed E-state index contributed by atoms with van der Waals surface area (Å²) in [6.07, 6.45) is 1.61. The third-order valence-electron chi connectivity index (χ3n) is 3.18. The van der Waals surface area contributed by atoms with E-state index in [2.05, 4.69) is 44.1 Å². The lowest BCUT2D eigenvalue weighted by Gasteiger charge is -2.10. The SMILES string of the molecule is C[C@H](N)c1ccc(Sc2ncnc3ccccc23)cc1Br. The van der Waals surface area contributed by atoms with Crippen LogP contribution in [0.25, 0.3) is 10.9 Å². The first kappa shape index (κ1) is 14.5. The molecule has 1 heterocycles. The molecule has 21 heavy (non-hydrogen) atoms. The molecule has 0 saturated heterocycles. The van der Waals surface area contributed by atoms with Crippen LogP contribution in [-0.4, -0.2) is 9.97 Å². The lowest BCUT2D eigenvalue weighted by molar-refractivity contribution is 0.811. The molecule has 1 aromatic heterocycles. The van der Waals surface area contributed by atoms with Gasteiger partial charge in [-0.1, -0.05) is 52.0 Å². The summed E-state index contributed by atoms with van der Waals surface area (Å²) in [7, 11) is 0. The second-order valence-electron chi connectivity index (χ2n) is 4.77. The minimum absolute atomic E-state index is 0.0123. The first-order chi connectivity index (χ1) is 10.1. The molecule has 1 atom stereocenters. The van der Waals surface area contributed by atoms with Crippen LogP contribution < -0.4 is 5.73 Å². The van der Waals surface area contributed by atoms with Gasteiger partial charge in [-0.25, -0.2) is 9.97 Å². The predicted octanol–water partition coefficient (Wildman–Crippen LogP) is 4.56. The molecule has 3 nitrogen and oxygen atoms in total. The minimum Gasteiger partial charge on any atom is -0.324 e. The average molecular weight is 360 g/mol. The molecule has 0 aliphatic rings. The standard InChI is InChI=1S/C16H14BrN3S/c1-10(18)12-7-6-11(8-14(12)17)21-16-13-4-2-3-5-15(13)19-9-20-16/h2-10H,18H2,1H3/t10-/m0/s1. The summed E-state index contributed by atoms with van der Waals surface area (Å²) in [4.78, 5) is 9.81. The van der Waals surface area contributed by atoms with Crippen molar-refractivity contribution in [3.05, 3.63) is 58.8 Å². The maximum Gasteiger partial charge on any atom is 0.117 e. The molecule has 5 heteroatoms. The van der Waals surface area contributed by atoms with E-state index in [0.29, 0.717) is 0 Å². The number of fused-ring (bicyclic) bond motifs is 1. The molecule has 2 N–H and O–H groups in total. The Kier molecular flexibility index (Phi) is 4.24. The van der Waals surface area contributed by atoms with Crippen LogP contribution in [0.2, 0.25) is 0 Å². The molecule has 2 aromatic carbocycles. The van der Waals surface area contributed by atoms with E-state index in [9.17, 15) is 0 Å². The molecule has 0 amide bonds. The van der Waals surface area contributed by atoms with Crippen molar-refractivity contribution in [3.63, 3.8) is 0 Å². The number of nitrogens with zero attached hydrogens (tertiary/aromatic N) is 2. The van der Waals surface area contributed by atoms with Gasteiger partial charge in [-0.2, -0.15) is 0 Å². The van der Waals surface area contributed by atoms with E-state index < -0.39 is 0 Å². The van der Waals surface area contributed by atoms with Crippen molar-refractivity contribution in [2.45, 2.75) is 22.9 Å². The highest BCUT2D eigenvalue weighted by Gasteiger charge is 2.09. The van der Waals surface area contributed by atoms with Crippen LogP contribution in [0.4, 0.5) is 0 Å². The van der Waals surface area contributed by atoms with Gasteiger partial charge in [-0.3, -0.25) is 0 Å². The van der Waals surface area contributed by atoms with Crippen LogP contribution in [0.3, 0.4) is 0 Å². The van der Waals surface area contributed by atoms with Crippen molar-refractivity contribution in [2.24, 2.45) is 5.73 Å². The highest BCUT2D eigenvalue weighted by Crippen LogP contribution is 2.34. The molecule has 0 aliphatic carbocycles. The van der Waals surface area contributed by atoms with E-state index in [1.807, 2.05) is 31.2 Å². The topological polar surface area (TPSA) is 51.8 Å². The minimum atomic E-state index is 0.0123. The number of aromatic nitrogens is 2. The fraction of sp³-hybridized carbons (Fsp3) is 0.125. The van der Waals surface area contributed by atoms with E-state index in [0.717, 1.165) is 30.9 Å². The Labute approximate surface area is 136 Å². The Morgan fingerprint density at radius 2 is 1.95 bits per heavy atom. The third kappa shape index (κ3) is 3.10. The molecule has 0 aliphatic heterocycles. The zero-order valence-electron chi connectivity index (χ0n) is 11.5. The number of hydrogen-bond donors (Lipinski definition) is 1. The summed E-state index contributed by atoms with van der Waals surface area (Å²) >= 11 is 5.21. The molecule has 106 valence electrons. The number of nitrogens with two attached hydrogens (primary N) is 1. The predicted molar refractivity (Wildman–Crippen MR) is 90.4 cm³/mol. The molecule has 0 unspecified atom stereocenters. The third-order valence-corrected chi connectivity index (χ3v) is 4.88. The average Bonchev–Trinajstić information content (AvgIpc) is 2.47. The van der Waals surface area contributed by atoms with Crippen LogP contribution in [0.5, 0.6) is 0 Å². The largest absolute Gasteiger partial charge is 0.324 e. The first-order valence-corrected chi connectivity index (χ1v) is 8.19. The van der Waals surface area contributed by atoms with Gasteiger partial charge in [0.05, 0.1) is 5.52 Å². The summed E-state index contributed by atoms with van der Waals surface area (Å²) < 4.78 is 1.03. The van der Waals surface area contributed by atoms with Gasteiger partial charge >= 0.3 is 0 Å². The van der Waals surface area contributed by atoms with Gasteiger partial charge in [0.25, 0.3) is 0 Å². The molecule has 0 bridgehead atoms. The lowest BCUT2D eigenvalue weighted by Crippen LogP contribution is -2.05. The van der Waals surface area contributed by atoms with Crippen molar-refractivity contribution in [1.29, 1.82) is 0 Å². The number of halogens is 1. The highest BCUT2D eigenvalue weighted by molar-refractivity contribution is 9.10. The molecular weight excluding hydrogens is 346 g/mol. The Bertz CT molecular complexity index is 784. The maximum atomic E-state index is 5.93. The molecule has 0 fully saturated rings. The Hall–Kier alpha value is -1.43. The normalized spacial score (nSPS) is 12.5. The summed E-state index contributed by atoms with van der Waals surface area (Å²) in [5.41, 5.74) is 8.00. The van der Waals surface area contributed by atoms with Crippen LogP contribution in [-0.2, 0) is 0 Å². The van der Waals surface area contributed by atoms with Gasteiger partial charge in [-0.05, 0) is 30.7 Å². The van der Waals surface area contributed by atoms with Gasteiger partial charge in [0, 0.05) is 20.8 Å². The van der Waals surface area contributed by atoms with E-state index >= 15 is 0 Å². The first-order valence-electron chi connectivity index (χ1n) is 6.58. The lowest BCUT2D eigenvalue weighted by atomic mass is 10.1. The Morgan fingerprint density at radius 3 is 2.71 bits per heavy atom. The van der Waals surface area contributed by atoms with E-state index in [1.54, 1.807) is 18.1 Å². The quantitative estimate of drug-likeness (QED) is 0.696.